The van der Waals surface area contributed by atoms with E-state index in [1.165, 1.54) is 0 Å². The van der Waals surface area contributed by atoms with E-state index < -0.39 is 5.91 Å². The first-order valence-electron chi connectivity index (χ1n) is 7.84. The van der Waals surface area contributed by atoms with Gasteiger partial charge in [-0.25, -0.2) is 0 Å². The number of benzene rings is 1. The Kier molecular flexibility index (Phi) is 6.52. The van der Waals surface area contributed by atoms with Crippen LogP contribution < -0.4 is 11.1 Å². The van der Waals surface area contributed by atoms with Crippen LogP contribution in [0.15, 0.2) is 24.3 Å². The number of nitrogens with zero attached hydrogens (tertiary/aromatic N) is 2. The molecule has 0 radical (unpaired) electrons. The summed E-state index contributed by atoms with van der Waals surface area (Å²) in [6.07, 6.45) is 0.368. The molecule has 0 saturated carbocycles. The minimum atomic E-state index is -0.555. The predicted molar refractivity (Wildman–Crippen MR) is 88.2 cm³/mol. The van der Waals surface area contributed by atoms with E-state index in [0.717, 1.165) is 26.2 Å². The van der Waals surface area contributed by atoms with Crippen molar-refractivity contribution in [2.24, 2.45) is 5.73 Å². The Hall–Kier alpha value is -1.96. The van der Waals surface area contributed by atoms with Crippen molar-refractivity contribution in [2.45, 2.75) is 6.42 Å². The zero-order valence-corrected chi connectivity index (χ0v) is 13.2. The molecule has 0 unspecified atom stereocenters. The predicted octanol–water partition coefficient (Wildman–Crippen LogP) is -0.276. The summed E-state index contributed by atoms with van der Waals surface area (Å²) in [5.74, 6) is -0.683. The van der Waals surface area contributed by atoms with Gasteiger partial charge in [0, 0.05) is 45.7 Å². The fraction of sp³-hybridized carbons (Fsp3) is 0.500. The van der Waals surface area contributed by atoms with Crippen molar-refractivity contribution in [1.29, 1.82) is 0 Å². The zero-order valence-electron chi connectivity index (χ0n) is 13.2. The molecule has 23 heavy (non-hydrogen) atoms. The Morgan fingerprint density at radius 2 is 1.70 bits per heavy atom. The Morgan fingerprint density at radius 3 is 2.30 bits per heavy atom. The Balaban J connectivity index is 1.77. The fourth-order valence-corrected chi connectivity index (χ4v) is 2.66. The normalized spacial score (nSPS) is 16.2. The molecule has 1 heterocycles. The standard InChI is InChI=1S/C16H24N4O3/c17-16(23)13-3-1-2-4-14(13)18-15(22)5-6-19-7-9-20(10-8-19)11-12-21/h1-4,21H,5-12H2,(H2,17,23)(H,18,22). The van der Waals surface area contributed by atoms with E-state index in [1.54, 1.807) is 24.3 Å². The lowest BCUT2D eigenvalue weighted by atomic mass is 10.1. The molecule has 126 valence electrons. The van der Waals surface area contributed by atoms with Crippen LogP contribution in [0.5, 0.6) is 0 Å². The molecule has 2 rings (SSSR count). The van der Waals surface area contributed by atoms with Crippen LogP contribution >= 0.6 is 0 Å². The number of amides is 2. The van der Waals surface area contributed by atoms with Crippen molar-refractivity contribution in [3.8, 4) is 0 Å². The Bertz CT molecular complexity index is 542. The number of carbonyl (C=O) groups is 2. The van der Waals surface area contributed by atoms with Gasteiger partial charge in [0.2, 0.25) is 5.91 Å². The van der Waals surface area contributed by atoms with Crippen LogP contribution in [0.3, 0.4) is 0 Å². The molecule has 0 atom stereocenters. The number of piperazine rings is 1. The summed E-state index contributed by atoms with van der Waals surface area (Å²) >= 11 is 0. The largest absolute Gasteiger partial charge is 0.395 e. The van der Waals surface area contributed by atoms with Gasteiger partial charge in [-0.3, -0.25) is 14.5 Å². The molecule has 1 aliphatic rings. The lowest BCUT2D eigenvalue weighted by molar-refractivity contribution is -0.116. The van der Waals surface area contributed by atoms with E-state index in [-0.39, 0.29) is 12.5 Å². The molecule has 1 aromatic carbocycles. The highest BCUT2D eigenvalue weighted by molar-refractivity contribution is 6.02. The average molecular weight is 320 g/mol. The van der Waals surface area contributed by atoms with E-state index in [1.807, 2.05) is 0 Å². The maximum Gasteiger partial charge on any atom is 0.250 e. The van der Waals surface area contributed by atoms with E-state index in [9.17, 15) is 9.59 Å². The van der Waals surface area contributed by atoms with Gasteiger partial charge in [0.1, 0.15) is 0 Å². The molecule has 0 aromatic heterocycles. The van der Waals surface area contributed by atoms with Crippen LogP contribution in [0, 0.1) is 0 Å². The molecule has 2 amide bonds. The molecule has 0 aliphatic carbocycles. The smallest absolute Gasteiger partial charge is 0.250 e. The summed E-state index contributed by atoms with van der Waals surface area (Å²) in [5.41, 5.74) is 6.07. The van der Waals surface area contributed by atoms with Crippen molar-refractivity contribution in [3.63, 3.8) is 0 Å². The number of hydrogen-bond donors (Lipinski definition) is 3. The molecule has 7 heteroatoms. The van der Waals surface area contributed by atoms with Gasteiger partial charge in [0.05, 0.1) is 17.9 Å². The fourth-order valence-electron chi connectivity index (χ4n) is 2.66. The lowest BCUT2D eigenvalue weighted by Gasteiger charge is -2.34. The van der Waals surface area contributed by atoms with Gasteiger partial charge in [-0.05, 0) is 12.1 Å². The number of para-hydroxylation sites is 1. The second-order valence-electron chi connectivity index (χ2n) is 5.61. The number of aliphatic hydroxyl groups excluding tert-OH is 1. The third-order valence-electron chi connectivity index (χ3n) is 4.00. The summed E-state index contributed by atoms with van der Waals surface area (Å²) < 4.78 is 0. The minimum absolute atomic E-state index is 0.128. The maximum atomic E-state index is 12.1. The number of nitrogens with two attached hydrogens (primary N) is 1. The molecule has 1 saturated heterocycles. The Labute approximate surface area is 136 Å². The van der Waals surface area contributed by atoms with Crippen LogP contribution in [0.2, 0.25) is 0 Å². The van der Waals surface area contributed by atoms with E-state index >= 15 is 0 Å². The Morgan fingerprint density at radius 1 is 1.09 bits per heavy atom. The van der Waals surface area contributed by atoms with E-state index in [4.69, 9.17) is 10.8 Å². The second kappa shape index (κ2) is 8.61. The topological polar surface area (TPSA) is 98.9 Å². The molecule has 7 nitrogen and oxygen atoms in total. The van der Waals surface area contributed by atoms with Gasteiger partial charge in [0.15, 0.2) is 0 Å². The van der Waals surface area contributed by atoms with Crippen molar-refractivity contribution in [2.75, 3.05) is 51.2 Å². The van der Waals surface area contributed by atoms with E-state index in [0.29, 0.717) is 30.8 Å². The highest BCUT2D eigenvalue weighted by Gasteiger charge is 2.17. The quantitative estimate of drug-likeness (QED) is 0.642. The molecular weight excluding hydrogens is 296 g/mol. The van der Waals surface area contributed by atoms with Gasteiger partial charge >= 0.3 is 0 Å². The van der Waals surface area contributed by atoms with Crippen LogP contribution in [-0.2, 0) is 4.79 Å². The van der Waals surface area contributed by atoms with Gasteiger partial charge in [0.25, 0.3) is 5.91 Å². The summed E-state index contributed by atoms with van der Waals surface area (Å²) in [5, 5.41) is 11.7. The van der Waals surface area contributed by atoms with Gasteiger partial charge < -0.3 is 21.1 Å². The van der Waals surface area contributed by atoms with Crippen molar-refractivity contribution in [3.05, 3.63) is 29.8 Å². The first-order valence-corrected chi connectivity index (χ1v) is 7.84. The third-order valence-corrected chi connectivity index (χ3v) is 4.00. The molecule has 0 spiro atoms. The number of nitrogens with one attached hydrogen (secondary N) is 1. The molecule has 1 aromatic rings. The monoisotopic (exact) mass is 320 g/mol. The third kappa shape index (κ3) is 5.31. The van der Waals surface area contributed by atoms with E-state index in [2.05, 4.69) is 15.1 Å². The number of aliphatic hydroxyl groups is 1. The molecule has 0 bridgehead atoms. The van der Waals surface area contributed by atoms with Gasteiger partial charge in [-0.1, -0.05) is 12.1 Å². The maximum absolute atomic E-state index is 12.1. The van der Waals surface area contributed by atoms with Gasteiger partial charge in [-0.2, -0.15) is 0 Å². The summed E-state index contributed by atoms with van der Waals surface area (Å²) in [6.45, 7) is 5.17. The number of rotatable bonds is 7. The zero-order chi connectivity index (χ0) is 16.7. The molecule has 4 N–H and O–H groups in total. The molecule has 1 fully saturated rings. The summed E-state index contributed by atoms with van der Waals surface area (Å²) in [4.78, 5) is 27.8. The molecule has 1 aliphatic heterocycles. The van der Waals surface area contributed by atoms with Crippen molar-refractivity contribution in [1.82, 2.24) is 9.80 Å². The summed E-state index contributed by atoms with van der Waals surface area (Å²) in [7, 11) is 0. The number of hydrogen-bond acceptors (Lipinski definition) is 5. The number of anilines is 1. The number of carbonyl (C=O) groups excluding carboxylic acids is 2. The lowest BCUT2D eigenvalue weighted by Crippen LogP contribution is -2.47. The average Bonchev–Trinajstić information content (AvgIpc) is 2.55. The second-order valence-corrected chi connectivity index (χ2v) is 5.61. The number of β-amino-alcohol motifs (C(OH)–C–C–N with tert-alkyl or cyclic N) is 1. The van der Waals surface area contributed by atoms with Gasteiger partial charge in [-0.15, -0.1) is 0 Å². The molecular formula is C16H24N4O3. The van der Waals surface area contributed by atoms with Crippen LogP contribution in [0.4, 0.5) is 5.69 Å². The first kappa shape index (κ1) is 17.4. The van der Waals surface area contributed by atoms with Crippen LogP contribution in [0.25, 0.3) is 0 Å². The van der Waals surface area contributed by atoms with Crippen LogP contribution in [-0.4, -0.2) is 72.6 Å². The first-order chi connectivity index (χ1) is 11.1. The highest BCUT2D eigenvalue weighted by atomic mass is 16.3. The van der Waals surface area contributed by atoms with Crippen LogP contribution in [0.1, 0.15) is 16.8 Å². The highest BCUT2D eigenvalue weighted by Crippen LogP contribution is 2.14. The SMILES string of the molecule is NC(=O)c1ccccc1NC(=O)CCN1CCN(CCO)CC1. The minimum Gasteiger partial charge on any atom is -0.395 e. The summed E-state index contributed by atoms with van der Waals surface area (Å²) in [6, 6.07) is 6.73. The van der Waals surface area contributed by atoms with Crippen molar-refractivity contribution < 1.29 is 14.7 Å². The van der Waals surface area contributed by atoms with Crippen molar-refractivity contribution >= 4 is 17.5 Å². The number of primary amides is 1.